The molecule has 1 atom stereocenters. The highest BCUT2D eigenvalue weighted by atomic mass is 16.6. The lowest BCUT2D eigenvalue weighted by Gasteiger charge is -2.11. The van der Waals surface area contributed by atoms with Gasteiger partial charge in [0.25, 0.3) is 0 Å². The van der Waals surface area contributed by atoms with Crippen molar-refractivity contribution in [3.8, 4) is 11.6 Å². The van der Waals surface area contributed by atoms with Gasteiger partial charge in [0.15, 0.2) is 0 Å². The van der Waals surface area contributed by atoms with Crippen LogP contribution in [0, 0.1) is 0 Å². The van der Waals surface area contributed by atoms with E-state index in [9.17, 15) is 9.90 Å². The summed E-state index contributed by atoms with van der Waals surface area (Å²) in [4.78, 5) is 11.1. The van der Waals surface area contributed by atoms with Crippen LogP contribution in [-0.2, 0) is 4.79 Å². The molecule has 1 aliphatic rings. The normalized spacial score (nSPS) is 15.9. The first kappa shape index (κ1) is 16.8. The second-order valence-corrected chi connectivity index (χ2v) is 6.26. The zero-order valence-electron chi connectivity index (χ0n) is 14.5. The third kappa shape index (κ3) is 3.64. The topological polar surface area (TPSA) is 106 Å². The van der Waals surface area contributed by atoms with E-state index in [2.05, 4.69) is 25.6 Å². The quantitative estimate of drug-likeness (QED) is 0.682. The molecule has 8 nitrogen and oxygen atoms in total. The van der Waals surface area contributed by atoms with Gasteiger partial charge in [-0.25, -0.2) is 0 Å². The lowest BCUT2D eigenvalue weighted by molar-refractivity contribution is -0.670. The summed E-state index contributed by atoms with van der Waals surface area (Å²) in [6.45, 7) is 1.48. The number of amides is 1. The Bertz CT molecular complexity index is 993. The smallest absolute Gasteiger partial charge is 0.239 e. The lowest BCUT2D eigenvalue weighted by Crippen LogP contribution is -2.31. The van der Waals surface area contributed by atoms with Crippen LogP contribution in [0.1, 0.15) is 30.5 Å². The fourth-order valence-corrected chi connectivity index (χ4v) is 2.98. The summed E-state index contributed by atoms with van der Waals surface area (Å²) in [6, 6.07) is 15.4. The van der Waals surface area contributed by atoms with E-state index in [0.717, 1.165) is 34.6 Å². The molecule has 0 fully saturated rings. The molecule has 2 aromatic carbocycles. The van der Waals surface area contributed by atoms with E-state index in [4.69, 9.17) is 0 Å². The summed E-state index contributed by atoms with van der Waals surface area (Å²) in [5.41, 5.74) is 7.71. The third-order valence-corrected chi connectivity index (χ3v) is 4.30. The van der Waals surface area contributed by atoms with E-state index in [0.29, 0.717) is 0 Å². The molecular weight excluding hydrogens is 346 g/mol. The largest absolute Gasteiger partial charge is 0.539 e. The van der Waals surface area contributed by atoms with Gasteiger partial charge in [0.05, 0.1) is 17.0 Å². The van der Waals surface area contributed by atoms with Gasteiger partial charge in [-0.05, 0) is 40.1 Å². The molecule has 1 amide bonds. The standard InChI is InChI=1S/C19H17N5O3/c1-12(25)20-15-6-2-13(3-7-15)17-10-18(22-21-17)14-4-8-16(9-5-14)24-11-19(26)27-23-24/h2-9,11,17H,10H2,1H3,(H2-,20,21,23,25,26). The molecule has 0 saturated heterocycles. The van der Waals surface area contributed by atoms with E-state index in [1.165, 1.54) is 17.8 Å². The summed E-state index contributed by atoms with van der Waals surface area (Å²) in [5.74, 6) is -0.582. The number of anilines is 1. The molecule has 0 radical (unpaired) electrons. The molecule has 2 N–H and O–H groups in total. The minimum Gasteiger partial charge on any atom is -0.539 e. The molecule has 0 bridgehead atoms. The van der Waals surface area contributed by atoms with E-state index in [-0.39, 0.29) is 11.9 Å². The highest BCUT2D eigenvalue weighted by Gasteiger charge is 2.21. The molecule has 1 aliphatic heterocycles. The second-order valence-electron chi connectivity index (χ2n) is 6.26. The first-order chi connectivity index (χ1) is 13.1. The highest BCUT2D eigenvalue weighted by Crippen LogP contribution is 2.25. The van der Waals surface area contributed by atoms with E-state index in [1.54, 1.807) is 0 Å². The minimum absolute atomic E-state index is 0.0824. The van der Waals surface area contributed by atoms with Crippen LogP contribution in [0.5, 0.6) is 5.95 Å². The van der Waals surface area contributed by atoms with Crippen LogP contribution in [-0.4, -0.2) is 16.9 Å². The summed E-state index contributed by atoms with van der Waals surface area (Å²) in [5, 5.41) is 21.9. The van der Waals surface area contributed by atoms with Crippen LogP contribution < -0.4 is 20.5 Å². The van der Waals surface area contributed by atoms with Gasteiger partial charge in [-0.3, -0.25) is 4.79 Å². The lowest BCUT2D eigenvalue weighted by atomic mass is 9.99. The van der Waals surface area contributed by atoms with Crippen molar-refractivity contribution in [3.63, 3.8) is 0 Å². The number of hydrogen-bond acceptors (Lipinski definition) is 6. The molecule has 0 saturated carbocycles. The van der Waals surface area contributed by atoms with Crippen molar-refractivity contribution in [1.82, 2.24) is 10.7 Å². The van der Waals surface area contributed by atoms with Crippen LogP contribution in [0.2, 0.25) is 0 Å². The van der Waals surface area contributed by atoms with Crippen molar-refractivity contribution in [2.75, 3.05) is 5.32 Å². The van der Waals surface area contributed by atoms with Crippen molar-refractivity contribution in [2.24, 2.45) is 5.10 Å². The molecule has 2 heterocycles. The predicted molar refractivity (Wildman–Crippen MR) is 95.3 cm³/mol. The Labute approximate surface area is 155 Å². The van der Waals surface area contributed by atoms with E-state index < -0.39 is 5.95 Å². The molecule has 8 heteroatoms. The zero-order chi connectivity index (χ0) is 18.8. The maximum Gasteiger partial charge on any atom is 0.239 e. The van der Waals surface area contributed by atoms with Crippen LogP contribution >= 0.6 is 0 Å². The number of hydrazone groups is 1. The van der Waals surface area contributed by atoms with Crippen molar-refractivity contribution < 1.29 is 19.1 Å². The van der Waals surface area contributed by atoms with E-state index >= 15 is 0 Å². The van der Waals surface area contributed by atoms with Crippen LogP contribution in [0.4, 0.5) is 5.69 Å². The number of carbonyl (C=O) groups excluding carboxylic acids is 1. The number of nitrogens with one attached hydrogen (secondary N) is 2. The molecule has 0 aliphatic carbocycles. The van der Waals surface area contributed by atoms with Gasteiger partial charge in [0.2, 0.25) is 17.8 Å². The molecule has 3 aromatic rings. The van der Waals surface area contributed by atoms with Gasteiger partial charge < -0.3 is 20.4 Å². The van der Waals surface area contributed by atoms with Crippen LogP contribution in [0.25, 0.3) is 5.69 Å². The molecular formula is C19H17N5O3. The minimum atomic E-state index is -0.490. The Morgan fingerprint density at radius 3 is 2.59 bits per heavy atom. The fourth-order valence-electron chi connectivity index (χ4n) is 2.98. The average molecular weight is 363 g/mol. The Hall–Kier alpha value is -3.68. The first-order valence-electron chi connectivity index (χ1n) is 8.44. The highest BCUT2D eigenvalue weighted by molar-refractivity contribution is 6.01. The van der Waals surface area contributed by atoms with E-state index in [1.807, 2.05) is 48.5 Å². The molecule has 136 valence electrons. The predicted octanol–water partition coefficient (Wildman–Crippen LogP) is 1.42. The summed E-state index contributed by atoms with van der Waals surface area (Å²) < 4.78 is 5.93. The molecule has 27 heavy (non-hydrogen) atoms. The Kier molecular flexibility index (Phi) is 4.29. The Morgan fingerprint density at radius 2 is 1.96 bits per heavy atom. The molecule has 1 unspecified atom stereocenters. The summed E-state index contributed by atoms with van der Waals surface area (Å²) >= 11 is 0. The molecule has 0 spiro atoms. The van der Waals surface area contributed by atoms with Gasteiger partial charge in [0, 0.05) is 31.2 Å². The second kappa shape index (κ2) is 6.91. The van der Waals surface area contributed by atoms with Crippen LogP contribution in [0.3, 0.4) is 0 Å². The van der Waals surface area contributed by atoms with Gasteiger partial charge in [-0.2, -0.15) is 5.10 Å². The number of benzene rings is 2. The van der Waals surface area contributed by atoms with Gasteiger partial charge in [-0.15, -0.1) is 0 Å². The van der Waals surface area contributed by atoms with Crippen molar-refractivity contribution in [2.45, 2.75) is 19.4 Å². The zero-order valence-corrected chi connectivity index (χ0v) is 14.5. The number of aromatic nitrogens is 2. The molecule has 1 aromatic heterocycles. The van der Waals surface area contributed by atoms with Gasteiger partial charge in [0.1, 0.15) is 5.95 Å². The maximum absolute atomic E-state index is 11.1. The molecule has 4 rings (SSSR count). The number of rotatable bonds is 4. The van der Waals surface area contributed by atoms with Crippen LogP contribution in [0.15, 0.2) is 64.4 Å². The first-order valence-corrected chi connectivity index (χ1v) is 8.44. The monoisotopic (exact) mass is 363 g/mol. The average Bonchev–Trinajstić information content (AvgIpc) is 3.31. The number of hydrogen-bond donors (Lipinski definition) is 2. The number of nitrogens with zero attached hydrogens (tertiary/aromatic N) is 3. The Morgan fingerprint density at radius 1 is 1.22 bits per heavy atom. The maximum atomic E-state index is 11.1. The van der Waals surface area contributed by atoms with Gasteiger partial charge >= 0.3 is 0 Å². The SMILES string of the molecule is CC(=O)Nc1ccc(C2CC(c3ccc(-[n+]4cc([O-])on4)cc3)=NN2)cc1. The van der Waals surface area contributed by atoms with Crippen molar-refractivity contribution >= 4 is 17.3 Å². The number of carbonyl (C=O) groups is 1. The van der Waals surface area contributed by atoms with Gasteiger partial charge in [-0.1, -0.05) is 12.1 Å². The third-order valence-electron chi connectivity index (χ3n) is 4.30. The van der Waals surface area contributed by atoms with Crippen molar-refractivity contribution in [3.05, 3.63) is 65.9 Å². The Balaban J connectivity index is 1.43. The summed E-state index contributed by atoms with van der Waals surface area (Å²) in [6.07, 6.45) is 2.03. The summed E-state index contributed by atoms with van der Waals surface area (Å²) in [7, 11) is 0. The fraction of sp³-hybridized carbons (Fsp3) is 0.158. The van der Waals surface area contributed by atoms with Crippen molar-refractivity contribution in [1.29, 1.82) is 0 Å².